The first kappa shape index (κ1) is 13.7. The third-order valence-electron chi connectivity index (χ3n) is 5.45. The fraction of sp³-hybridized carbons (Fsp3) is 0.667. The molecule has 1 aromatic rings. The second-order valence-electron chi connectivity index (χ2n) is 6.95. The van der Waals surface area contributed by atoms with Crippen LogP contribution in [0.4, 0.5) is 0 Å². The summed E-state index contributed by atoms with van der Waals surface area (Å²) in [5.74, 6) is 0. The molecule has 4 rings (SSSR count). The molecule has 2 fully saturated rings. The zero-order chi connectivity index (χ0) is 14.1. The average molecular weight is 285 g/mol. The SMILES string of the molecule is c1cc2c(cc1CN1CCCN3CCCC3C1)CNCC2. The maximum atomic E-state index is 3.49. The summed E-state index contributed by atoms with van der Waals surface area (Å²) < 4.78 is 0. The number of nitrogens with one attached hydrogen (secondary N) is 1. The van der Waals surface area contributed by atoms with E-state index in [1.165, 1.54) is 63.0 Å². The van der Waals surface area contributed by atoms with Crippen LogP contribution in [0.1, 0.15) is 36.0 Å². The van der Waals surface area contributed by atoms with E-state index < -0.39 is 0 Å². The Hall–Kier alpha value is -0.900. The number of benzene rings is 1. The monoisotopic (exact) mass is 285 g/mol. The topological polar surface area (TPSA) is 18.5 Å². The smallest absolute Gasteiger partial charge is 0.0234 e. The first-order chi connectivity index (χ1) is 10.4. The number of rotatable bonds is 2. The van der Waals surface area contributed by atoms with Crippen molar-refractivity contribution in [2.75, 3.05) is 32.7 Å². The molecule has 1 N–H and O–H groups in total. The third kappa shape index (κ3) is 3.01. The molecule has 2 saturated heterocycles. The van der Waals surface area contributed by atoms with Crippen molar-refractivity contribution in [2.45, 2.75) is 44.8 Å². The maximum Gasteiger partial charge on any atom is 0.0234 e. The maximum absolute atomic E-state index is 3.49. The van der Waals surface area contributed by atoms with E-state index in [9.17, 15) is 0 Å². The van der Waals surface area contributed by atoms with Crippen LogP contribution < -0.4 is 5.32 Å². The molecule has 21 heavy (non-hydrogen) atoms. The average Bonchev–Trinajstić information content (AvgIpc) is 2.86. The highest BCUT2D eigenvalue weighted by Gasteiger charge is 2.28. The lowest BCUT2D eigenvalue weighted by atomic mass is 9.98. The van der Waals surface area contributed by atoms with Gasteiger partial charge in [-0.05, 0) is 68.6 Å². The Morgan fingerprint density at radius 3 is 3.05 bits per heavy atom. The molecule has 0 bridgehead atoms. The lowest BCUT2D eigenvalue weighted by molar-refractivity contribution is 0.215. The van der Waals surface area contributed by atoms with Crippen molar-refractivity contribution in [3.63, 3.8) is 0 Å². The minimum absolute atomic E-state index is 0.826. The van der Waals surface area contributed by atoms with Gasteiger partial charge < -0.3 is 5.32 Å². The minimum atomic E-state index is 0.826. The predicted octanol–water partition coefficient (Wildman–Crippen LogP) is 2.00. The van der Waals surface area contributed by atoms with Crippen molar-refractivity contribution in [1.29, 1.82) is 0 Å². The van der Waals surface area contributed by atoms with Crippen molar-refractivity contribution in [3.05, 3.63) is 34.9 Å². The normalized spacial score (nSPS) is 27.1. The zero-order valence-electron chi connectivity index (χ0n) is 13.0. The number of nitrogens with zero attached hydrogens (tertiary/aromatic N) is 2. The molecule has 1 unspecified atom stereocenters. The zero-order valence-corrected chi connectivity index (χ0v) is 13.0. The van der Waals surface area contributed by atoms with Crippen LogP contribution in [-0.4, -0.2) is 48.6 Å². The first-order valence-corrected chi connectivity index (χ1v) is 8.66. The van der Waals surface area contributed by atoms with Crippen molar-refractivity contribution >= 4 is 0 Å². The van der Waals surface area contributed by atoms with Crippen LogP contribution >= 0.6 is 0 Å². The summed E-state index contributed by atoms with van der Waals surface area (Å²) in [7, 11) is 0. The summed E-state index contributed by atoms with van der Waals surface area (Å²) >= 11 is 0. The molecule has 114 valence electrons. The van der Waals surface area contributed by atoms with Crippen LogP contribution in [0.15, 0.2) is 18.2 Å². The molecular weight excluding hydrogens is 258 g/mol. The molecule has 3 heterocycles. The Morgan fingerprint density at radius 1 is 1.10 bits per heavy atom. The fourth-order valence-electron chi connectivity index (χ4n) is 4.32. The van der Waals surface area contributed by atoms with E-state index in [1.54, 1.807) is 5.56 Å². The third-order valence-corrected chi connectivity index (χ3v) is 5.45. The lowest BCUT2D eigenvalue weighted by Gasteiger charge is -2.26. The van der Waals surface area contributed by atoms with Gasteiger partial charge in [0.2, 0.25) is 0 Å². The number of hydrogen-bond donors (Lipinski definition) is 1. The Bertz CT molecular complexity index is 499. The molecule has 0 aromatic heterocycles. The van der Waals surface area contributed by atoms with Crippen LogP contribution in [-0.2, 0) is 19.5 Å². The summed E-state index contributed by atoms with van der Waals surface area (Å²) in [5.41, 5.74) is 4.58. The van der Waals surface area contributed by atoms with Crippen LogP contribution in [0.2, 0.25) is 0 Å². The molecule has 0 spiro atoms. The molecule has 0 radical (unpaired) electrons. The van der Waals surface area contributed by atoms with E-state index in [0.29, 0.717) is 0 Å². The summed E-state index contributed by atoms with van der Waals surface area (Å²) in [6, 6.07) is 8.00. The molecule has 0 aliphatic carbocycles. The first-order valence-electron chi connectivity index (χ1n) is 8.66. The molecule has 3 nitrogen and oxygen atoms in total. The highest BCUT2D eigenvalue weighted by Crippen LogP contribution is 2.23. The van der Waals surface area contributed by atoms with E-state index in [1.807, 2.05) is 0 Å². The second-order valence-corrected chi connectivity index (χ2v) is 6.95. The van der Waals surface area contributed by atoms with E-state index in [4.69, 9.17) is 0 Å². The molecule has 3 aliphatic heterocycles. The predicted molar refractivity (Wildman–Crippen MR) is 86.3 cm³/mol. The number of fused-ring (bicyclic) bond motifs is 2. The van der Waals surface area contributed by atoms with Gasteiger partial charge in [-0.3, -0.25) is 9.80 Å². The van der Waals surface area contributed by atoms with Crippen molar-refractivity contribution in [1.82, 2.24) is 15.1 Å². The van der Waals surface area contributed by atoms with Crippen LogP contribution in [0.5, 0.6) is 0 Å². The molecule has 3 heteroatoms. The molecule has 0 saturated carbocycles. The second kappa shape index (κ2) is 6.07. The molecule has 3 aliphatic rings. The Labute approximate surface area is 128 Å². The van der Waals surface area contributed by atoms with Crippen molar-refractivity contribution in [2.24, 2.45) is 0 Å². The highest BCUT2D eigenvalue weighted by molar-refractivity contribution is 5.33. The lowest BCUT2D eigenvalue weighted by Crippen LogP contribution is -2.36. The van der Waals surface area contributed by atoms with Gasteiger partial charge in [0.25, 0.3) is 0 Å². The van der Waals surface area contributed by atoms with Crippen molar-refractivity contribution < 1.29 is 0 Å². The summed E-state index contributed by atoms with van der Waals surface area (Å²) in [6.45, 7) is 8.52. The van der Waals surface area contributed by atoms with Crippen LogP contribution in [0.25, 0.3) is 0 Å². The van der Waals surface area contributed by atoms with Gasteiger partial charge in [0.1, 0.15) is 0 Å². The molecule has 1 atom stereocenters. The van der Waals surface area contributed by atoms with E-state index >= 15 is 0 Å². The van der Waals surface area contributed by atoms with Gasteiger partial charge in [-0.1, -0.05) is 18.2 Å². The van der Waals surface area contributed by atoms with E-state index in [-0.39, 0.29) is 0 Å². The highest BCUT2D eigenvalue weighted by atomic mass is 15.3. The summed E-state index contributed by atoms with van der Waals surface area (Å²) in [5, 5.41) is 3.49. The van der Waals surface area contributed by atoms with Gasteiger partial charge in [-0.25, -0.2) is 0 Å². The summed E-state index contributed by atoms with van der Waals surface area (Å²) in [4.78, 5) is 5.41. The number of hydrogen-bond acceptors (Lipinski definition) is 3. The van der Waals surface area contributed by atoms with Crippen LogP contribution in [0, 0.1) is 0 Å². The molecule has 1 aromatic carbocycles. The Balaban J connectivity index is 1.45. The van der Waals surface area contributed by atoms with Gasteiger partial charge in [-0.2, -0.15) is 0 Å². The minimum Gasteiger partial charge on any atom is -0.312 e. The largest absolute Gasteiger partial charge is 0.312 e. The van der Waals surface area contributed by atoms with Gasteiger partial charge in [0.05, 0.1) is 0 Å². The summed E-state index contributed by atoms with van der Waals surface area (Å²) in [6.07, 6.45) is 5.34. The van der Waals surface area contributed by atoms with E-state index in [2.05, 4.69) is 33.3 Å². The quantitative estimate of drug-likeness (QED) is 0.897. The standard InChI is InChI=1S/C18H27N3/c1-3-18-14-20(8-2-10-21(18)9-1)13-15-4-5-16-6-7-19-12-17(16)11-15/h4-5,11,18-19H,1-3,6-10,12-14H2. The molecular formula is C18H27N3. The Kier molecular flexibility index (Phi) is 3.97. The van der Waals surface area contributed by atoms with Gasteiger partial charge in [0.15, 0.2) is 0 Å². The van der Waals surface area contributed by atoms with E-state index in [0.717, 1.165) is 25.7 Å². The molecule has 0 amide bonds. The van der Waals surface area contributed by atoms with Gasteiger partial charge in [-0.15, -0.1) is 0 Å². The fourth-order valence-corrected chi connectivity index (χ4v) is 4.32. The van der Waals surface area contributed by atoms with Crippen LogP contribution in [0.3, 0.4) is 0 Å². The Morgan fingerprint density at radius 2 is 2.05 bits per heavy atom. The van der Waals surface area contributed by atoms with Crippen molar-refractivity contribution in [3.8, 4) is 0 Å². The van der Waals surface area contributed by atoms with Gasteiger partial charge in [0, 0.05) is 25.7 Å². The van der Waals surface area contributed by atoms with Gasteiger partial charge >= 0.3 is 0 Å².